The van der Waals surface area contributed by atoms with Gasteiger partial charge < -0.3 is 0 Å². The molecule has 1 fully saturated rings. The summed E-state index contributed by atoms with van der Waals surface area (Å²) >= 11 is 0. The first-order valence-corrected chi connectivity index (χ1v) is 7.80. The van der Waals surface area contributed by atoms with Crippen LogP contribution < -0.4 is 0 Å². The molecule has 1 saturated carbocycles. The molecule has 0 radical (unpaired) electrons. The number of ketones is 1. The van der Waals surface area contributed by atoms with Gasteiger partial charge in [0, 0.05) is 24.2 Å². The Morgan fingerprint density at radius 2 is 1.85 bits per heavy atom. The summed E-state index contributed by atoms with van der Waals surface area (Å²) in [6.07, 6.45) is 6.87. The van der Waals surface area contributed by atoms with E-state index in [4.69, 9.17) is 0 Å². The summed E-state index contributed by atoms with van der Waals surface area (Å²) < 4.78 is 0. The molecule has 0 N–H and O–H groups in total. The van der Waals surface area contributed by atoms with Gasteiger partial charge >= 0.3 is 0 Å². The van der Waals surface area contributed by atoms with Crippen molar-refractivity contribution in [2.45, 2.75) is 59.8 Å². The van der Waals surface area contributed by atoms with E-state index < -0.39 is 0 Å². The first-order valence-electron chi connectivity index (χ1n) is 7.80. The minimum Gasteiger partial charge on any atom is -0.299 e. The Morgan fingerprint density at radius 1 is 1.20 bits per heavy atom. The van der Waals surface area contributed by atoms with Crippen LogP contribution in [0.4, 0.5) is 0 Å². The third-order valence-electron chi connectivity index (χ3n) is 4.74. The average molecular weight is 273 g/mol. The number of hydrogen-bond donors (Lipinski definition) is 0. The van der Waals surface area contributed by atoms with Gasteiger partial charge in [0.25, 0.3) is 0 Å². The van der Waals surface area contributed by atoms with Crippen molar-refractivity contribution in [1.82, 2.24) is 4.98 Å². The van der Waals surface area contributed by atoms with Gasteiger partial charge in [0.2, 0.25) is 0 Å². The van der Waals surface area contributed by atoms with Crippen LogP contribution in [0.15, 0.2) is 18.3 Å². The molecule has 1 aromatic rings. The fourth-order valence-electron chi connectivity index (χ4n) is 3.21. The highest BCUT2D eigenvalue weighted by atomic mass is 16.1. The van der Waals surface area contributed by atoms with E-state index >= 15 is 0 Å². The van der Waals surface area contributed by atoms with Crippen LogP contribution in [0.2, 0.25) is 0 Å². The molecule has 0 saturated heterocycles. The van der Waals surface area contributed by atoms with Crippen LogP contribution in [-0.4, -0.2) is 10.8 Å². The molecule has 0 bridgehead atoms. The van der Waals surface area contributed by atoms with Gasteiger partial charge in [-0.05, 0) is 55.6 Å². The summed E-state index contributed by atoms with van der Waals surface area (Å²) in [5.74, 6) is 1.41. The minimum atomic E-state index is 0.261. The molecule has 1 aromatic heterocycles. The molecular formula is C18H27NO. The average Bonchev–Trinajstić information content (AvgIpc) is 2.40. The molecule has 0 aliphatic heterocycles. The molecule has 20 heavy (non-hydrogen) atoms. The highest BCUT2D eigenvalue weighted by molar-refractivity contribution is 5.82. The number of pyridine rings is 1. The molecule has 0 unspecified atom stereocenters. The monoisotopic (exact) mass is 273 g/mol. The lowest BCUT2D eigenvalue weighted by atomic mass is 9.69. The number of hydrogen-bond acceptors (Lipinski definition) is 2. The summed E-state index contributed by atoms with van der Waals surface area (Å²) in [7, 11) is 0. The quantitative estimate of drug-likeness (QED) is 0.819. The fourth-order valence-corrected chi connectivity index (χ4v) is 3.21. The topological polar surface area (TPSA) is 30.0 Å². The molecule has 110 valence electrons. The van der Waals surface area contributed by atoms with E-state index in [0.29, 0.717) is 17.6 Å². The normalized spacial score (nSPS) is 23.6. The molecule has 2 rings (SSSR count). The standard InChI is InChI=1S/C18H27NO/c1-13-5-10-16(19-12-13)11-17(20)14-6-8-15(9-7-14)18(2,3)4/h5,10,12,14-15H,6-9,11H2,1-4H3. The lowest BCUT2D eigenvalue weighted by molar-refractivity contribution is -0.123. The number of carbonyl (C=O) groups excluding carboxylic acids is 1. The van der Waals surface area contributed by atoms with Gasteiger partial charge in [-0.2, -0.15) is 0 Å². The Bertz CT molecular complexity index is 447. The predicted octanol–water partition coefficient (Wildman–Crippen LogP) is 4.35. The second-order valence-electron chi connectivity index (χ2n) is 7.38. The third-order valence-corrected chi connectivity index (χ3v) is 4.74. The number of nitrogens with zero attached hydrogens (tertiary/aromatic N) is 1. The van der Waals surface area contributed by atoms with Crippen LogP contribution in [0.25, 0.3) is 0 Å². The van der Waals surface area contributed by atoms with Gasteiger partial charge in [-0.1, -0.05) is 26.8 Å². The number of aryl methyl sites for hydroxylation is 1. The molecule has 2 nitrogen and oxygen atoms in total. The SMILES string of the molecule is Cc1ccc(CC(=O)C2CCC(C(C)(C)C)CC2)nc1. The maximum Gasteiger partial charge on any atom is 0.141 e. The highest BCUT2D eigenvalue weighted by Crippen LogP contribution is 2.40. The maximum atomic E-state index is 12.4. The Balaban J connectivity index is 1.87. The predicted molar refractivity (Wildman–Crippen MR) is 82.6 cm³/mol. The smallest absolute Gasteiger partial charge is 0.141 e. The van der Waals surface area contributed by atoms with Gasteiger partial charge in [-0.15, -0.1) is 0 Å². The van der Waals surface area contributed by atoms with E-state index in [1.807, 2.05) is 25.3 Å². The summed E-state index contributed by atoms with van der Waals surface area (Å²) in [5, 5.41) is 0. The van der Waals surface area contributed by atoms with Gasteiger partial charge in [0.1, 0.15) is 5.78 Å². The molecule has 0 amide bonds. The molecule has 2 heteroatoms. The molecule has 1 aliphatic rings. The van der Waals surface area contributed by atoms with Gasteiger partial charge in [-0.3, -0.25) is 9.78 Å². The van der Waals surface area contributed by atoms with Crippen molar-refractivity contribution in [3.63, 3.8) is 0 Å². The van der Waals surface area contributed by atoms with Crippen LogP contribution in [-0.2, 0) is 11.2 Å². The largest absolute Gasteiger partial charge is 0.299 e. The molecule has 1 heterocycles. The number of Topliss-reactive ketones (excluding diaryl/α,β-unsaturated/α-hetero) is 1. The van der Waals surface area contributed by atoms with Crippen molar-refractivity contribution in [2.24, 2.45) is 17.3 Å². The lowest BCUT2D eigenvalue weighted by Crippen LogP contribution is -2.29. The van der Waals surface area contributed by atoms with E-state index in [1.165, 1.54) is 12.8 Å². The molecule has 1 aliphatic carbocycles. The zero-order chi connectivity index (χ0) is 14.8. The second kappa shape index (κ2) is 6.07. The molecule has 0 atom stereocenters. The lowest BCUT2D eigenvalue weighted by Gasteiger charge is -2.36. The zero-order valence-electron chi connectivity index (χ0n) is 13.3. The van der Waals surface area contributed by atoms with Crippen molar-refractivity contribution >= 4 is 5.78 Å². The summed E-state index contributed by atoms with van der Waals surface area (Å²) in [5.41, 5.74) is 2.44. The number of carbonyl (C=O) groups is 1. The minimum absolute atomic E-state index is 0.261. The maximum absolute atomic E-state index is 12.4. The zero-order valence-corrected chi connectivity index (χ0v) is 13.3. The first-order chi connectivity index (χ1) is 9.36. The fraction of sp³-hybridized carbons (Fsp3) is 0.667. The molecule has 0 aromatic carbocycles. The number of aromatic nitrogens is 1. The van der Waals surface area contributed by atoms with E-state index in [2.05, 4.69) is 25.8 Å². The van der Waals surface area contributed by atoms with Crippen LogP contribution >= 0.6 is 0 Å². The molecular weight excluding hydrogens is 246 g/mol. The van der Waals surface area contributed by atoms with Crippen molar-refractivity contribution in [3.8, 4) is 0 Å². The van der Waals surface area contributed by atoms with Crippen LogP contribution in [0.1, 0.15) is 57.7 Å². The van der Waals surface area contributed by atoms with Gasteiger partial charge in [-0.25, -0.2) is 0 Å². The van der Waals surface area contributed by atoms with Gasteiger partial charge in [0.05, 0.1) is 0 Å². The second-order valence-corrected chi connectivity index (χ2v) is 7.38. The highest BCUT2D eigenvalue weighted by Gasteiger charge is 2.32. The summed E-state index contributed by atoms with van der Waals surface area (Å²) in [6.45, 7) is 8.97. The van der Waals surface area contributed by atoms with Gasteiger partial charge in [0.15, 0.2) is 0 Å². The van der Waals surface area contributed by atoms with Crippen LogP contribution in [0.5, 0.6) is 0 Å². The Morgan fingerprint density at radius 3 is 2.35 bits per heavy atom. The number of rotatable bonds is 3. The summed E-state index contributed by atoms with van der Waals surface area (Å²) in [4.78, 5) is 16.7. The Hall–Kier alpha value is -1.18. The Labute approximate surface area is 123 Å². The van der Waals surface area contributed by atoms with Crippen molar-refractivity contribution in [3.05, 3.63) is 29.6 Å². The third kappa shape index (κ3) is 3.91. The van der Waals surface area contributed by atoms with E-state index in [9.17, 15) is 4.79 Å². The summed E-state index contributed by atoms with van der Waals surface area (Å²) in [6, 6.07) is 4.01. The van der Waals surface area contributed by atoms with E-state index in [-0.39, 0.29) is 5.92 Å². The van der Waals surface area contributed by atoms with Crippen LogP contribution in [0.3, 0.4) is 0 Å². The van der Waals surface area contributed by atoms with E-state index in [1.54, 1.807) is 0 Å². The van der Waals surface area contributed by atoms with E-state index in [0.717, 1.165) is 30.0 Å². The van der Waals surface area contributed by atoms with Crippen LogP contribution in [0, 0.1) is 24.2 Å². The van der Waals surface area contributed by atoms with Crippen molar-refractivity contribution in [2.75, 3.05) is 0 Å². The first kappa shape index (κ1) is 15.2. The Kier molecular flexibility index (Phi) is 4.62. The van der Waals surface area contributed by atoms with Crippen molar-refractivity contribution in [1.29, 1.82) is 0 Å². The van der Waals surface area contributed by atoms with Crippen molar-refractivity contribution < 1.29 is 4.79 Å². The molecule has 0 spiro atoms.